The van der Waals surface area contributed by atoms with Gasteiger partial charge in [0, 0.05) is 26.7 Å². The van der Waals surface area contributed by atoms with Gasteiger partial charge in [0.1, 0.15) is 0 Å². The summed E-state index contributed by atoms with van der Waals surface area (Å²) in [4.78, 5) is 2.12. The molecule has 1 aromatic rings. The predicted molar refractivity (Wildman–Crippen MR) is 93.7 cm³/mol. The average molecular weight is 339 g/mol. The Morgan fingerprint density at radius 1 is 1.21 bits per heavy atom. The normalized spacial score (nSPS) is 12.2. The Morgan fingerprint density at radius 3 is 2.58 bits per heavy atom. The highest BCUT2D eigenvalue weighted by Crippen LogP contribution is 2.28. The summed E-state index contributed by atoms with van der Waals surface area (Å²) in [6.07, 6.45) is 1.10. The summed E-state index contributed by atoms with van der Waals surface area (Å²) in [5.74, 6) is 1.39. The monoisotopic (exact) mass is 339 g/mol. The van der Waals surface area contributed by atoms with Crippen LogP contribution in [0.2, 0.25) is 0 Å². The van der Waals surface area contributed by atoms with E-state index in [-0.39, 0.29) is 6.61 Å². The van der Waals surface area contributed by atoms with Crippen LogP contribution in [0.5, 0.6) is 11.5 Å². The third-order valence-electron chi connectivity index (χ3n) is 3.48. The first-order valence-electron chi connectivity index (χ1n) is 7.93. The second-order valence-corrected chi connectivity index (χ2v) is 5.40. The number of hydrogen-bond donors (Lipinski definition) is 1. The molecular formula is C18H29NO5. The second kappa shape index (κ2) is 11.9. The van der Waals surface area contributed by atoms with Gasteiger partial charge in [-0.25, -0.2) is 0 Å². The van der Waals surface area contributed by atoms with E-state index in [0.717, 1.165) is 5.56 Å². The van der Waals surface area contributed by atoms with E-state index in [1.165, 1.54) is 0 Å². The third kappa shape index (κ3) is 7.31. The van der Waals surface area contributed by atoms with Crippen molar-refractivity contribution in [2.24, 2.45) is 0 Å². The molecule has 0 spiro atoms. The molecule has 1 rings (SSSR count). The van der Waals surface area contributed by atoms with Crippen molar-refractivity contribution < 1.29 is 24.1 Å². The Hall–Kier alpha value is -1.60. The fourth-order valence-corrected chi connectivity index (χ4v) is 2.33. The molecule has 0 aromatic heterocycles. The fourth-order valence-electron chi connectivity index (χ4n) is 2.33. The molecule has 0 fully saturated rings. The lowest BCUT2D eigenvalue weighted by Gasteiger charge is -2.25. The van der Waals surface area contributed by atoms with Gasteiger partial charge in [0.15, 0.2) is 11.5 Å². The van der Waals surface area contributed by atoms with Crippen molar-refractivity contribution >= 4 is 0 Å². The van der Waals surface area contributed by atoms with E-state index < -0.39 is 6.10 Å². The molecule has 0 heterocycles. The zero-order valence-corrected chi connectivity index (χ0v) is 14.9. The van der Waals surface area contributed by atoms with E-state index in [0.29, 0.717) is 44.3 Å². The van der Waals surface area contributed by atoms with Crippen molar-refractivity contribution in [3.63, 3.8) is 0 Å². The molecule has 0 saturated carbocycles. The van der Waals surface area contributed by atoms with E-state index in [2.05, 4.69) is 11.5 Å². The highest BCUT2D eigenvalue weighted by atomic mass is 16.5. The molecule has 6 nitrogen and oxygen atoms in total. The van der Waals surface area contributed by atoms with Gasteiger partial charge < -0.3 is 24.1 Å². The summed E-state index contributed by atoms with van der Waals surface area (Å²) in [5.41, 5.74) is 1.07. The number of hydrogen-bond acceptors (Lipinski definition) is 6. The van der Waals surface area contributed by atoms with Crippen molar-refractivity contribution in [1.29, 1.82) is 0 Å². The Morgan fingerprint density at radius 2 is 1.96 bits per heavy atom. The maximum atomic E-state index is 10.1. The molecule has 6 heteroatoms. The van der Waals surface area contributed by atoms with Crippen LogP contribution in [0.15, 0.2) is 30.9 Å². The van der Waals surface area contributed by atoms with E-state index in [4.69, 9.17) is 18.9 Å². The molecule has 0 radical (unpaired) electrons. The Labute approximate surface area is 144 Å². The predicted octanol–water partition coefficient (Wildman–Crippen LogP) is 1.72. The van der Waals surface area contributed by atoms with Crippen LogP contribution in [0.25, 0.3) is 0 Å². The van der Waals surface area contributed by atoms with Gasteiger partial charge in [-0.1, -0.05) is 12.1 Å². The smallest absolute Gasteiger partial charge is 0.161 e. The van der Waals surface area contributed by atoms with Gasteiger partial charge in [0.25, 0.3) is 0 Å². The summed E-state index contributed by atoms with van der Waals surface area (Å²) in [5, 5.41) is 10.1. The topological polar surface area (TPSA) is 60.4 Å². The first-order chi connectivity index (χ1) is 11.6. The summed E-state index contributed by atoms with van der Waals surface area (Å²) >= 11 is 0. The minimum Gasteiger partial charge on any atom is -0.493 e. The van der Waals surface area contributed by atoms with Crippen molar-refractivity contribution in [3.05, 3.63) is 36.4 Å². The molecule has 1 aromatic carbocycles. The maximum absolute atomic E-state index is 10.1. The minimum atomic E-state index is -0.568. The molecule has 0 bridgehead atoms. The van der Waals surface area contributed by atoms with Crippen LogP contribution in [-0.4, -0.2) is 70.3 Å². The lowest BCUT2D eigenvalue weighted by atomic mass is 10.1. The Bertz CT molecular complexity index is 480. The lowest BCUT2D eigenvalue weighted by Crippen LogP contribution is -2.36. The van der Waals surface area contributed by atoms with E-state index in [1.54, 1.807) is 27.4 Å². The number of methoxy groups -OCH3 is 3. The standard InChI is InChI=1S/C18H29NO5/c1-5-9-24-14-16(20)13-19(8-10-21-2)12-15-6-7-17(22-3)18(11-15)23-4/h5-7,11,16,20H,1,8-10,12-14H2,2-4H3. The number of aliphatic hydroxyl groups is 1. The number of nitrogens with zero attached hydrogens (tertiary/aromatic N) is 1. The second-order valence-electron chi connectivity index (χ2n) is 5.40. The quantitative estimate of drug-likeness (QED) is 0.436. The molecule has 24 heavy (non-hydrogen) atoms. The molecule has 0 aliphatic heterocycles. The van der Waals surface area contributed by atoms with Crippen LogP contribution in [0.1, 0.15) is 5.56 Å². The van der Waals surface area contributed by atoms with E-state index >= 15 is 0 Å². The van der Waals surface area contributed by atoms with E-state index in [1.807, 2.05) is 18.2 Å². The molecule has 1 atom stereocenters. The molecule has 1 N–H and O–H groups in total. The van der Waals surface area contributed by atoms with Gasteiger partial charge in [-0.3, -0.25) is 4.90 Å². The highest BCUT2D eigenvalue weighted by Gasteiger charge is 2.14. The van der Waals surface area contributed by atoms with Gasteiger partial charge in [-0.05, 0) is 17.7 Å². The van der Waals surface area contributed by atoms with Gasteiger partial charge >= 0.3 is 0 Å². The Kier molecular flexibility index (Phi) is 10.1. The van der Waals surface area contributed by atoms with E-state index in [9.17, 15) is 5.11 Å². The summed E-state index contributed by atoms with van der Waals surface area (Å²) in [6.45, 7) is 6.77. The third-order valence-corrected chi connectivity index (χ3v) is 3.48. The van der Waals surface area contributed by atoms with Crippen LogP contribution in [0.3, 0.4) is 0 Å². The van der Waals surface area contributed by atoms with Gasteiger partial charge in [0.2, 0.25) is 0 Å². The molecule has 0 aliphatic rings. The number of rotatable bonds is 13. The van der Waals surface area contributed by atoms with Crippen molar-refractivity contribution in [1.82, 2.24) is 4.90 Å². The zero-order chi connectivity index (χ0) is 17.8. The average Bonchev–Trinajstić information content (AvgIpc) is 2.59. The number of aliphatic hydroxyl groups excluding tert-OH is 1. The van der Waals surface area contributed by atoms with Crippen LogP contribution in [0, 0.1) is 0 Å². The molecule has 136 valence electrons. The lowest BCUT2D eigenvalue weighted by molar-refractivity contribution is 0.0194. The maximum Gasteiger partial charge on any atom is 0.161 e. The summed E-state index contributed by atoms with van der Waals surface area (Å²) in [6, 6.07) is 5.81. The van der Waals surface area contributed by atoms with Crippen LogP contribution >= 0.6 is 0 Å². The van der Waals surface area contributed by atoms with Gasteiger partial charge in [-0.2, -0.15) is 0 Å². The van der Waals surface area contributed by atoms with Crippen molar-refractivity contribution in [2.45, 2.75) is 12.6 Å². The SMILES string of the molecule is C=CCOCC(O)CN(CCOC)Cc1ccc(OC)c(OC)c1. The van der Waals surface area contributed by atoms with Crippen LogP contribution in [-0.2, 0) is 16.0 Å². The molecule has 0 saturated heterocycles. The number of benzene rings is 1. The summed E-state index contributed by atoms with van der Waals surface area (Å²) in [7, 11) is 4.89. The molecular weight excluding hydrogens is 310 g/mol. The van der Waals surface area contributed by atoms with Gasteiger partial charge in [0.05, 0.1) is 40.1 Å². The molecule has 0 aliphatic carbocycles. The minimum absolute atomic E-state index is 0.279. The van der Waals surface area contributed by atoms with Crippen LogP contribution in [0.4, 0.5) is 0 Å². The first kappa shape index (κ1) is 20.4. The van der Waals surface area contributed by atoms with Crippen LogP contribution < -0.4 is 9.47 Å². The van der Waals surface area contributed by atoms with Gasteiger partial charge in [-0.15, -0.1) is 6.58 Å². The zero-order valence-electron chi connectivity index (χ0n) is 14.9. The molecule has 1 unspecified atom stereocenters. The molecule has 0 amide bonds. The van der Waals surface area contributed by atoms with Crippen molar-refractivity contribution in [3.8, 4) is 11.5 Å². The first-order valence-corrected chi connectivity index (χ1v) is 7.93. The summed E-state index contributed by atoms with van der Waals surface area (Å²) < 4.78 is 21.1. The number of ether oxygens (including phenoxy) is 4. The Balaban J connectivity index is 2.68. The highest BCUT2D eigenvalue weighted by molar-refractivity contribution is 5.42. The fraction of sp³-hybridized carbons (Fsp3) is 0.556. The van der Waals surface area contributed by atoms with Crippen molar-refractivity contribution in [2.75, 3.05) is 54.2 Å². The largest absolute Gasteiger partial charge is 0.493 e.